The van der Waals surface area contributed by atoms with Crippen LogP contribution in [0.5, 0.6) is 0 Å². The van der Waals surface area contributed by atoms with E-state index < -0.39 is 0 Å². The third kappa shape index (κ3) is 2.86. The summed E-state index contributed by atoms with van der Waals surface area (Å²) >= 11 is 0. The predicted octanol–water partition coefficient (Wildman–Crippen LogP) is 1.49. The minimum Gasteiger partial charge on any atom is -0.338 e. The molecule has 2 rings (SSSR count). The summed E-state index contributed by atoms with van der Waals surface area (Å²) in [5, 5.41) is 0. The molecule has 0 aromatic heterocycles. The SMILES string of the molecule is Cc1cccc(CC(=O)N2CCCC2CN)c1. The van der Waals surface area contributed by atoms with Crippen LogP contribution in [0.4, 0.5) is 0 Å². The largest absolute Gasteiger partial charge is 0.338 e. The normalized spacial score (nSPS) is 19.6. The van der Waals surface area contributed by atoms with Crippen molar-refractivity contribution in [2.24, 2.45) is 5.73 Å². The lowest BCUT2D eigenvalue weighted by molar-refractivity contribution is -0.131. The maximum absolute atomic E-state index is 12.2. The highest BCUT2D eigenvalue weighted by atomic mass is 16.2. The Morgan fingerprint density at radius 1 is 1.53 bits per heavy atom. The zero-order chi connectivity index (χ0) is 12.3. The summed E-state index contributed by atoms with van der Waals surface area (Å²) in [6.07, 6.45) is 2.63. The number of hydrogen-bond donors (Lipinski definition) is 1. The molecule has 0 saturated carbocycles. The lowest BCUT2D eigenvalue weighted by Gasteiger charge is -2.23. The van der Waals surface area contributed by atoms with E-state index in [1.165, 1.54) is 5.56 Å². The van der Waals surface area contributed by atoms with Crippen LogP contribution in [0.1, 0.15) is 24.0 Å². The van der Waals surface area contributed by atoms with E-state index in [0.29, 0.717) is 13.0 Å². The lowest BCUT2D eigenvalue weighted by atomic mass is 10.1. The van der Waals surface area contributed by atoms with Crippen LogP contribution >= 0.6 is 0 Å². The third-order valence-electron chi connectivity index (χ3n) is 3.41. The topological polar surface area (TPSA) is 46.3 Å². The van der Waals surface area contributed by atoms with Crippen LogP contribution in [0, 0.1) is 6.92 Å². The number of hydrogen-bond acceptors (Lipinski definition) is 2. The summed E-state index contributed by atoms with van der Waals surface area (Å²) < 4.78 is 0. The number of benzene rings is 1. The Labute approximate surface area is 103 Å². The molecule has 1 aromatic carbocycles. The molecule has 0 bridgehead atoms. The molecular weight excluding hydrogens is 212 g/mol. The Kier molecular flexibility index (Phi) is 3.79. The summed E-state index contributed by atoms with van der Waals surface area (Å²) in [5.74, 6) is 0.212. The first-order chi connectivity index (χ1) is 8.20. The van der Waals surface area contributed by atoms with Crippen molar-refractivity contribution in [3.63, 3.8) is 0 Å². The van der Waals surface area contributed by atoms with Gasteiger partial charge in [-0.1, -0.05) is 29.8 Å². The van der Waals surface area contributed by atoms with E-state index in [1.54, 1.807) is 0 Å². The fraction of sp³-hybridized carbons (Fsp3) is 0.500. The number of nitrogens with zero attached hydrogens (tertiary/aromatic N) is 1. The van der Waals surface area contributed by atoms with Crippen LogP contribution in [0.3, 0.4) is 0 Å². The quantitative estimate of drug-likeness (QED) is 0.858. The minimum atomic E-state index is 0.212. The number of rotatable bonds is 3. The molecule has 2 N–H and O–H groups in total. The van der Waals surface area contributed by atoms with E-state index in [2.05, 4.69) is 6.07 Å². The number of carbonyl (C=O) groups is 1. The van der Waals surface area contributed by atoms with Gasteiger partial charge in [-0.05, 0) is 25.3 Å². The Balaban J connectivity index is 2.01. The Hall–Kier alpha value is -1.35. The van der Waals surface area contributed by atoms with Crippen LogP contribution in [-0.2, 0) is 11.2 Å². The average molecular weight is 232 g/mol. The van der Waals surface area contributed by atoms with Crippen LogP contribution in [-0.4, -0.2) is 29.9 Å². The Morgan fingerprint density at radius 2 is 2.35 bits per heavy atom. The van der Waals surface area contributed by atoms with Gasteiger partial charge >= 0.3 is 0 Å². The van der Waals surface area contributed by atoms with Crippen molar-refractivity contribution >= 4 is 5.91 Å². The fourth-order valence-electron chi connectivity index (χ4n) is 2.51. The monoisotopic (exact) mass is 232 g/mol. The van der Waals surface area contributed by atoms with Gasteiger partial charge in [-0.25, -0.2) is 0 Å². The summed E-state index contributed by atoms with van der Waals surface area (Å²) in [7, 11) is 0. The van der Waals surface area contributed by atoms with Gasteiger partial charge in [-0.3, -0.25) is 4.79 Å². The van der Waals surface area contributed by atoms with E-state index in [9.17, 15) is 4.79 Å². The summed E-state index contributed by atoms with van der Waals surface area (Å²) in [6, 6.07) is 8.39. The van der Waals surface area contributed by atoms with Crippen molar-refractivity contribution in [3.8, 4) is 0 Å². The minimum absolute atomic E-state index is 0.212. The smallest absolute Gasteiger partial charge is 0.227 e. The maximum atomic E-state index is 12.2. The number of amides is 1. The van der Waals surface area contributed by atoms with Gasteiger partial charge in [-0.15, -0.1) is 0 Å². The Morgan fingerprint density at radius 3 is 3.06 bits per heavy atom. The Bertz CT molecular complexity index is 403. The number of nitrogens with two attached hydrogens (primary N) is 1. The highest BCUT2D eigenvalue weighted by Gasteiger charge is 2.27. The van der Waals surface area contributed by atoms with E-state index >= 15 is 0 Å². The van der Waals surface area contributed by atoms with Crippen LogP contribution in [0.2, 0.25) is 0 Å². The molecule has 1 aromatic rings. The van der Waals surface area contributed by atoms with E-state index in [0.717, 1.165) is 24.9 Å². The molecule has 1 heterocycles. The first-order valence-corrected chi connectivity index (χ1v) is 6.26. The molecule has 1 aliphatic heterocycles. The predicted molar refractivity (Wildman–Crippen MR) is 68.7 cm³/mol. The molecule has 1 saturated heterocycles. The van der Waals surface area contributed by atoms with Crippen LogP contribution in [0.15, 0.2) is 24.3 Å². The van der Waals surface area contributed by atoms with Gasteiger partial charge < -0.3 is 10.6 Å². The van der Waals surface area contributed by atoms with E-state index in [1.807, 2.05) is 30.0 Å². The molecular formula is C14H20N2O. The molecule has 3 heteroatoms. The van der Waals surface area contributed by atoms with Crippen LogP contribution in [0.25, 0.3) is 0 Å². The summed E-state index contributed by atoms with van der Waals surface area (Å²) in [6.45, 7) is 3.50. The summed E-state index contributed by atoms with van der Waals surface area (Å²) in [4.78, 5) is 14.1. The first-order valence-electron chi connectivity index (χ1n) is 6.26. The second kappa shape index (κ2) is 5.32. The average Bonchev–Trinajstić information content (AvgIpc) is 2.77. The fourth-order valence-corrected chi connectivity index (χ4v) is 2.51. The molecule has 1 atom stereocenters. The van der Waals surface area contributed by atoms with Gasteiger partial charge in [0.05, 0.1) is 6.42 Å². The van der Waals surface area contributed by atoms with Gasteiger partial charge in [0.15, 0.2) is 0 Å². The molecule has 0 radical (unpaired) electrons. The van der Waals surface area contributed by atoms with Crippen molar-refractivity contribution in [2.45, 2.75) is 32.2 Å². The van der Waals surface area contributed by atoms with Gasteiger partial charge in [0, 0.05) is 19.1 Å². The molecule has 1 unspecified atom stereocenters. The molecule has 3 nitrogen and oxygen atoms in total. The van der Waals surface area contributed by atoms with Gasteiger partial charge in [0.2, 0.25) is 5.91 Å². The van der Waals surface area contributed by atoms with Gasteiger partial charge in [0.25, 0.3) is 0 Å². The highest BCUT2D eigenvalue weighted by molar-refractivity contribution is 5.79. The van der Waals surface area contributed by atoms with Crippen molar-refractivity contribution in [2.75, 3.05) is 13.1 Å². The van der Waals surface area contributed by atoms with Crippen molar-refractivity contribution in [3.05, 3.63) is 35.4 Å². The highest BCUT2D eigenvalue weighted by Crippen LogP contribution is 2.17. The number of aryl methyl sites for hydroxylation is 1. The third-order valence-corrected chi connectivity index (χ3v) is 3.41. The molecule has 1 aliphatic rings. The molecule has 0 aliphatic carbocycles. The molecule has 0 spiro atoms. The van der Waals surface area contributed by atoms with Crippen LogP contribution < -0.4 is 5.73 Å². The first kappa shape index (κ1) is 12.1. The van der Waals surface area contributed by atoms with E-state index in [-0.39, 0.29) is 11.9 Å². The van der Waals surface area contributed by atoms with Crippen molar-refractivity contribution < 1.29 is 4.79 Å². The molecule has 1 amide bonds. The second-order valence-electron chi connectivity index (χ2n) is 4.78. The van der Waals surface area contributed by atoms with E-state index in [4.69, 9.17) is 5.73 Å². The van der Waals surface area contributed by atoms with Gasteiger partial charge in [0.1, 0.15) is 0 Å². The van der Waals surface area contributed by atoms with Crippen molar-refractivity contribution in [1.29, 1.82) is 0 Å². The molecule has 1 fully saturated rings. The lowest BCUT2D eigenvalue weighted by Crippen LogP contribution is -2.40. The standard InChI is InChI=1S/C14H20N2O/c1-11-4-2-5-12(8-11)9-14(17)16-7-3-6-13(16)10-15/h2,4-5,8,13H,3,6-7,9-10,15H2,1H3. The summed E-state index contributed by atoms with van der Waals surface area (Å²) in [5.41, 5.74) is 7.98. The second-order valence-corrected chi connectivity index (χ2v) is 4.78. The number of likely N-dealkylation sites (tertiary alicyclic amines) is 1. The molecule has 17 heavy (non-hydrogen) atoms. The van der Waals surface area contributed by atoms with Gasteiger partial charge in [-0.2, -0.15) is 0 Å². The maximum Gasteiger partial charge on any atom is 0.227 e. The number of carbonyl (C=O) groups excluding carboxylic acids is 1. The van der Waals surface area contributed by atoms with Crippen molar-refractivity contribution in [1.82, 2.24) is 4.90 Å². The zero-order valence-electron chi connectivity index (χ0n) is 10.4. The molecule has 92 valence electrons. The zero-order valence-corrected chi connectivity index (χ0v) is 10.4.